The maximum absolute atomic E-state index is 12.3. The van der Waals surface area contributed by atoms with Gasteiger partial charge in [-0.15, -0.1) is 0 Å². The Labute approximate surface area is 165 Å². The minimum Gasteiger partial charge on any atom is -0.464 e. The Morgan fingerprint density at radius 2 is 1.93 bits per heavy atom. The zero-order valence-electron chi connectivity index (χ0n) is 15.0. The van der Waals surface area contributed by atoms with E-state index in [1.807, 2.05) is 25.1 Å². The lowest BCUT2D eigenvalue weighted by Crippen LogP contribution is -2.14. The molecule has 3 aromatic rings. The zero-order chi connectivity index (χ0) is 19.2. The van der Waals surface area contributed by atoms with Crippen molar-refractivity contribution in [3.63, 3.8) is 0 Å². The number of ether oxygens (including phenoxy) is 1. The summed E-state index contributed by atoms with van der Waals surface area (Å²) in [6.07, 6.45) is 3.62. The highest BCUT2D eigenvalue weighted by Gasteiger charge is 2.12. The van der Waals surface area contributed by atoms with Gasteiger partial charge in [0, 0.05) is 21.1 Å². The molecular weight excluding hydrogens is 410 g/mol. The van der Waals surface area contributed by atoms with Crippen LogP contribution in [0.15, 0.2) is 57.6 Å². The van der Waals surface area contributed by atoms with Crippen molar-refractivity contribution in [3.8, 4) is 0 Å². The molecule has 0 spiro atoms. The van der Waals surface area contributed by atoms with Gasteiger partial charge in [-0.25, -0.2) is 4.79 Å². The Hall–Kier alpha value is -2.60. The lowest BCUT2D eigenvalue weighted by atomic mass is 10.1. The Morgan fingerprint density at radius 1 is 1.15 bits per heavy atom. The quantitative estimate of drug-likeness (QED) is 0.406. The van der Waals surface area contributed by atoms with E-state index in [-0.39, 0.29) is 18.3 Å². The van der Waals surface area contributed by atoms with Crippen LogP contribution in [0, 0.1) is 0 Å². The van der Waals surface area contributed by atoms with Gasteiger partial charge >= 0.3 is 5.97 Å². The number of anilines is 1. The number of unbranched alkanes of at least 4 members (excludes halogenated alkanes) is 1. The fraction of sp³-hybridized carbons (Fsp3) is 0.238. The molecule has 0 aliphatic rings. The first kappa shape index (κ1) is 19.2. The summed E-state index contributed by atoms with van der Waals surface area (Å²) in [6.45, 7) is 2.46. The summed E-state index contributed by atoms with van der Waals surface area (Å²) in [5.74, 6) is -0.507. The molecule has 27 heavy (non-hydrogen) atoms. The molecule has 0 atom stereocenters. The summed E-state index contributed by atoms with van der Waals surface area (Å²) in [6, 6.07) is 12.4. The number of furan rings is 1. The minimum atomic E-state index is -0.350. The molecule has 0 saturated carbocycles. The molecule has 0 bridgehead atoms. The number of carbonyl (C=O) groups excluding carboxylic acids is 2. The Kier molecular flexibility index (Phi) is 6.29. The number of esters is 1. The monoisotopic (exact) mass is 429 g/mol. The number of fused-ring (bicyclic) bond motifs is 1. The van der Waals surface area contributed by atoms with E-state index in [0.29, 0.717) is 17.9 Å². The topological polar surface area (TPSA) is 68.5 Å². The third kappa shape index (κ3) is 4.98. The number of benzene rings is 2. The largest absolute Gasteiger partial charge is 0.464 e. The van der Waals surface area contributed by atoms with Crippen LogP contribution in [-0.2, 0) is 16.0 Å². The van der Waals surface area contributed by atoms with Crippen molar-refractivity contribution >= 4 is 44.5 Å². The van der Waals surface area contributed by atoms with E-state index in [0.717, 1.165) is 33.8 Å². The van der Waals surface area contributed by atoms with Gasteiger partial charge in [0.05, 0.1) is 24.9 Å². The first-order chi connectivity index (χ1) is 13.1. The molecule has 1 N–H and O–H groups in total. The maximum atomic E-state index is 12.3. The predicted molar refractivity (Wildman–Crippen MR) is 108 cm³/mol. The summed E-state index contributed by atoms with van der Waals surface area (Å²) in [5.41, 5.74) is 2.65. The normalized spacial score (nSPS) is 10.7. The highest BCUT2D eigenvalue weighted by Crippen LogP contribution is 2.25. The average Bonchev–Trinajstić information content (AvgIpc) is 3.04. The second kappa shape index (κ2) is 8.86. The molecule has 0 aliphatic carbocycles. The second-order valence-electron chi connectivity index (χ2n) is 6.19. The zero-order valence-corrected chi connectivity index (χ0v) is 16.5. The van der Waals surface area contributed by atoms with Crippen molar-refractivity contribution in [1.29, 1.82) is 0 Å². The van der Waals surface area contributed by atoms with Gasteiger partial charge in [0.2, 0.25) is 5.91 Å². The Morgan fingerprint density at radius 3 is 2.67 bits per heavy atom. The van der Waals surface area contributed by atoms with Gasteiger partial charge < -0.3 is 14.5 Å². The van der Waals surface area contributed by atoms with Gasteiger partial charge in [-0.3, -0.25) is 4.79 Å². The fourth-order valence-electron chi connectivity index (χ4n) is 2.65. The van der Waals surface area contributed by atoms with Gasteiger partial charge in [-0.05, 0) is 48.9 Å². The molecule has 1 heterocycles. The number of halogens is 1. The highest BCUT2D eigenvalue weighted by molar-refractivity contribution is 9.10. The molecule has 0 radical (unpaired) electrons. The molecule has 0 saturated heterocycles. The minimum absolute atomic E-state index is 0.157. The summed E-state index contributed by atoms with van der Waals surface area (Å²) in [7, 11) is 0. The van der Waals surface area contributed by atoms with E-state index in [1.54, 1.807) is 30.5 Å². The van der Waals surface area contributed by atoms with Crippen molar-refractivity contribution < 1.29 is 18.7 Å². The highest BCUT2D eigenvalue weighted by atomic mass is 79.9. The molecule has 2 aromatic carbocycles. The van der Waals surface area contributed by atoms with Crippen LogP contribution in [0.1, 0.15) is 35.7 Å². The van der Waals surface area contributed by atoms with Crippen molar-refractivity contribution in [3.05, 3.63) is 64.3 Å². The molecule has 3 rings (SSSR count). The van der Waals surface area contributed by atoms with Crippen molar-refractivity contribution in [2.24, 2.45) is 0 Å². The van der Waals surface area contributed by atoms with E-state index >= 15 is 0 Å². The van der Waals surface area contributed by atoms with Crippen molar-refractivity contribution in [2.75, 3.05) is 11.9 Å². The third-order valence-electron chi connectivity index (χ3n) is 4.10. The Bertz CT molecular complexity index is 946. The van der Waals surface area contributed by atoms with E-state index in [2.05, 4.69) is 21.2 Å². The molecule has 0 fully saturated rings. The van der Waals surface area contributed by atoms with Crippen LogP contribution in [0.4, 0.5) is 5.69 Å². The van der Waals surface area contributed by atoms with E-state index in [1.165, 1.54) is 0 Å². The van der Waals surface area contributed by atoms with Gasteiger partial charge in [0.25, 0.3) is 0 Å². The molecule has 0 aliphatic heterocycles. The number of carbonyl (C=O) groups is 2. The molecule has 6 heteroatoms. The number of amides is 1. The maximum Gasteiger partial charge on any atom is 0.338 e. The standard InChI is InChI=1S/C21H20BrNO4/c1-2-3-10-26-21(25)14-4-7-17(8-5-14)23-20(24)11-15-13-27-19-9-6-16(22)12-18(15)19/h4-9,12-13H,2-3,10-11H2,1H3,(H,23,24). The number of rotatable bonds is 7. The predicted octanol–water partition coefficient (Wildman–Crippen LogP) is 5.33. The van der Waals surface area contributed by atoms with E-state index < -0.39 is 0 Å². The van der Waals surface area contributed by atoms with Gasteiger partial charge in [0.1, 0.15) is 5.58 Å². The van der Waals surface area contributed by atoms with Crippen LogP contribution in [0.2, 0.25) is 0 Å². The molecule has 5 nitrogen and oxygen atoms in total. The van der Waals surface area contributed by atoms with Crippen molar-refractivity contribution in [1.82, 2.24) is 0 Å². The number of hydrogen-bond acceptors (Lipinski definition) is 4. The van der Waals surface area contributed by atoms with Crippen LogP contribution >= 0.6 is 15.9 Å². The van der Waals surface area contributed by atoms with Crippen LogP contribution < -0.4 is 5.32 Å². The molecular formula is C21H20BrNO4. The first-order valence-corrected chi connectivity index (χ1v) is 9.59. The van der Waals surface area contributed by atoms with Crippen LogP contribution in [-0.4, -0.2) is 18.5 Å². The molecule has 1 amide bonds. The van der Waals surface area contributed by atoms with E-state index in [9.17, 15) is 9.59 Å². The van der Waals surface area contributed by atoms with E-state index in [4.69, 9.17) is 9.15 Å². The van der Waals surface area contributed by atoms with Crippen LogP contribution in [0.5, 0.6) is 0 Å². The second-order valence-corrected chi connectivity index (χ2v) is 7.11. The fourth-order valence-corrected chi connectivity index (χ4v) is 3.01. The van der Waals surface area contributed by atoms with Gasteiger partial charge in [-0.1, -0.05) is 29.3 Å². The third-order valence-corrected chi connectivity index (χ3v) is 4.60. The summed E-state index contributed by atoms with van der Waals surface area (Å²) in [4.78, 5) is 24.2. The Balaban J connectivity index is 1.60. The molecule has 0 unspecified atom stereocenters. The van der Waals surface area contributed by atoms with Gasteiger partial charge in [0.15, 0.2) is 0 Å². The SMILES string of the molecule is CCCCOC(=O)c1ccc(NC(=O)Cc2coc3ccc(Br)cc23)cc1. The average molecular weight is 430 g/mol. The van der Waals surface area contributed by atoms with Crippen molar-refractivity contribution in [2.45, 2.75) is 26.2 Å². The summed E-state index contributed by atoms with van der Waals surface area (Å²) < 4.78 is 11.6. The first-order valence-electron chi connectivity index (χ1n) is 8.79. The van der Waals surface area contributed by atoms with Gasteiger partial charge in [-0.2, -0.15) is 0 Å². The number of nitrogens with one attached hydrogen (secondary N) is 1. The number of hydrogen-bond donors (Lipinski definition) is 1. The summed E-state index contributed by atoms with van der Waals surface area (Å²) >= 11 is 3.43. The molecule has 1 aromatic heterocycles. The van der Waals surface area contributed by atoms with Crippen LogP contribution in [0.3, 0.4) is 0 Å². The smallest absolute Gasteiger partial charge is 0.338 e. The summed E-state index contributed by atoms with van der Waals surface area (Å²) in [5, 5.41) is 3.74. The lowest BCUT2D eigenvalue weighted by molar-refractivity contribution is -0.115. The van der Waals surface area contributed by atoms with Crippen LogP contribution in [0.25, 0.3) is 11.0 Å². The lowest BCUT2D eigenvalue weighted by Gasteiger charge is -2.07. The molecule has 140 valence electrons.